The van der Waals surface area contributed by atoms with Gasteiger partial charge in [-0.3, -0.25) is 0 Å². The number of nitrogens with zero attached hydrogens (tertiary/aromatic N) is 1. The van der Waals surface area contributed by atoms with Crippen molar-refractivity contribution < 1.29 is 14.4 Å². The third-order valence-corrected chi connectivity index (χ3v) is 12.3. The summed E-state index contributed by atoms with van der Waals surface area (Å²) in [4.78, 5) is 5.53. The number of benzene rings is 1. The first-order chi connectivity index (χ1) is 13.8. The highest BCUT2D eigenvalue weighted by Gasteiger charge is 2.57. The van der Waals surface area contributed by atoms with Gasteiger partial charge in [0.2, 0.25) is 0 Å². The number of fused-ring (bicyclic) bond motifs is 3. The van der Waals surface area contributed by atoms with Gasteiger partial charge in [0.25, 0.3) is 0 Å². The van der Waals surface area contributed by atoms with E-state index in [-0.39, 0.29) is 22.0 Å². The fourth-order valence-corrected chi connectivity index (χ4v) is 5.82. The Morgan fingerprint density at radius 2 is 1.83 bits per heavy atom. The molecule has 1 N–H and O–H groups in total. The lowest BCUT2D eigenvalue weighted by atomic mass is 9.62. The Kier molecular flexibility index (Phi) is 6.13. The van der Waals surface area contributed by atoms with Gasteiger partial charge in [-0.05, 0) is 43.0 Å². The average Bonchev–Trinajstić information content (AvgIpc) is 2.82. The number of rotatable bonds is 6. The van der Waals surface area contributed by atoms with E-state index < -0.39 is 13.9 Å². The molecule has 5 heteroatoms. The monoisotopic (exact) mass is 429 g/mol. The number of oxime groups is 1. The van der Waals surface area contributed by atoms with Crippen LogP contribution in [0.15, 0.2) is 47.6 Å². The Morgan fingerprint density at radius 3 is 2.47 bits per heavy atom. The van der Waals surface area contributed by atoms with Crippen LogP contribution in [-0.4, -0.2) is 31.3 Å². The van der Waals surface area contributed by atoms with E-state index in [1.54, 1.807) is 6.21 Å². The Bertz CT molecular complexity index is 800. The van der Waals surface area contributed by atoms with Gasteiger partial charge in [-0.15, -0.1) is 0 Å². The van der Waals surface area contributed by atoms with Crippen LogP contribution in [0.25, 0.3) is 0 Å². The van der Waals surface area contributed by atoms with E-state index in [9.17, 15) is 5.11 Å². The van der Waals surface area contributed by atoms with Crippen LogP contribution in [0.2, 0.25) is 18.1 Å². The second kappa shape index (κ2) is 7.92. The first-order valence-corrected chi connectivity index (χ1v) is 14.0. The minimum absolute atomic E-state index is 0.101. The highest BCUT2D eigenvalue weighted by atomic mass is 28.4. The van der Waals surface area contributed by atoms with Crippen molar-refractivity contribution in [3.05, 3.63) is 48.0 Å². The van der Waals surface area contributed by atoms with Crippen molar-refractivity contribution in [1.29, 1.82) is 0 Å². The molecule has 4 rings (SSSR count). The van der Waals surface area contributed by atoms with E-state index >= 15 is 0 Å². The minimum Gasteiger partial charge on any atom is -0.413 e. The van der Waals surface area contributed by atoms with Crippen LogP contribution in [-0.2, 0) is 15.9 Å². The predicted octanol–water partition coefficient (Wildman–Crippen LogP) is 6.08. The molecule has 0 saturated heterocycles. The van der Waals surface area contributed by atoms with E-state index in [0.29, 0.717) is 13.0 Å². The molecule has 4 nitrogen and oxygen atoms in total. The van der Waals surface area contributed by atoms with Crippen molar-refractivity contribution in [3.8, 4) is 0 Å². The van der Waals surface area contributed by atoms with Gasteiger partial charge in [0.1, 0.15) is 12.2 Å². The number of aliphatic hydroxyl groups is 1. The van der Waals surface area contributed by atoms with Crippen molar-refractivity contribution >= 4 is 14.5 Å². The quantitative estimate of drug-likeness (QED) is 0.258. The van der Waals surface area contributed by atoms with E-state index in [2.05, 4.69) is 65.0 Å². The van der Waals surface area contributed by atoms with Crippen molar-refractivity contribution in [2.75, 3.05) is 0 Å². The van der Waals surface area contributed by atoms with Crippen molar-refractivity contribution in [1.82, 2.24) is 0 Å². The minimum atomic E-state index is -1.91. The maximum Gasteiger partial charge on any atom is 0.192 e. The van der Waals surface area contributed by atoms with E-state index in [0.717, 1.165) is 18.4 Å². The summed E-state index contributed by atoms with van der Waals surface area (Å²) in [5, 5.41) is 16.1. The van der Waals surface area contributed by atoms with Gasteiger partial charge < -0.3 is 14.4 Å². The predicted molar refractivity (Wildman–Crippen MR) is 126 cm³/mol. The molecule has 1 aromatic carbocycles. The lowest BCUT2D eigenvalue weighted by Gasteiger charge is -2.48. The molecule has 0 amide bonds. The Morgan fingerprint density at radius 1 is 1.17 bits per heavy atom. The summed E-state index contributed by atoms with van der Waals surface area (Å²) in [5.74, 6) is 0. The van der Waals surface area contributed by atoms with E-state index in [1.165, 1.54) is 0 Å². The lowest BCUT2D eigenvalue weighted by Crippen LogP contribution is -2.53. The van der Waals surface area contributed by atoms with Crippen LogP contribution >= 0.6 is 0 Å². The highest BCUT2D eigenvalue weighted by molar-refractivity contribution is 6.74. The summed E-state index contributed by atoms with van der Waals surface area (Å²) in [5.41, 5.74) is -0.604. The SMILES string of the molecule is CC(C)(C)[Si](C)(C)O[C@H]1CC[C@]2(C)C=C[C@@]1(C)CC2(O)/C=N/OCc1ccccc1. The second-order valence-corrected chi connectivity index (χ2v) is 16.0. The molecule has 1 aromatic rings. The first kappa shape index (κ1) is 23.2. The van der Waals surface area contributed by atoms with Crippen LogP contribution in [0.5, 0.6) is 0 Å². The average molecular weight is 430 g/mol. The van der Waals surface area contributed by atoms with Crippen molar-refractivity contribution in [2.24, 2.45) is 16.0 Å². The summed E-state index contributed by atoms with van der Waals surface area (Å²) in [7, 11) is -1.91. The molecule has 1 fully saturated rings. The molecule has 1 unspecified atom stereocenters. The van der Waals surface area contributed by atoms with Crippen LogP contribution in [0.3, 0.4) is 0 Å². The fraction of sp³-hybridized carbons (Fsp3) is 0.640. The van der Waals surface area contributed by atoms with Crippen LogP contribution in [0, 0.1) is 10.8 Å². The molecule has 3 aliphatic carbocycles. The number of hydrogen-bond donors (Lipinski definition) is 1. The van der Waals surface area contributed by atoms with Crippen molar-refractivity contribution in [3.63, 3.8) is 0 Å². The van der Waals surface area contributed by atoms with Crippen LogP contribution < -0.4 is 0 Å². The van der Waals surface area contributed by atoms with Gasteiger partial charge in [0.15, 0.2) is 8.32 Å². The van der Waals surface area contributed by atoms with Gasteiger partial charge >= 0.3 is 0 Å². The zero-order valence-corrected chi connectivity index (χ0v) is 20.7. The molecule has 0 aromatic heterocycles. The molecule has 0 radical (unpaired) electrons. The van der Waals surface area contributed by atoms with Crippen LogP contribution in [0.1, 0.15) is 59.4 Å². The third-order valence-electron chi connectivity index (χ3n) is 7.79. The standard InChI is InChI=1S/C25H39NO3Si/c1-22(2,3)30(6,7)29-21-13-14-24(5)16-15-23(21,4)18-25(24,27)19-26-28-17-20-11-9-8-10-12-20/h8-12,15-16,19,21,27H,13-14,17-18H2,1-7H3/b26-19+/t21-,23-,24+,25?/m0/s1. The van der Waals surface area contributed by atoms with Gasteiger partial charge in [-0.2, -0.15) is 0 Å². The fourth-order valence-electron chi connectivity index (χ4n) is 4.37. The summed E-state index contributed by atoms with van der Waals surface area (Å²) in [6, 6.07) is 9.95. The molecule has 3 aliphatic rings. The molecular weight excluding hydrogens is 390 g/mol. The largest absolute Gasteiger partial charge is 0.413 e. The molecule has 30 heavy (non-hydrogen) atoms. The molecule has 0 aliphatic heterocycles. The van der Waals surface area contributed by atoms with Gasteiger partial charge in [0.05, 0.1) is 12.3 Å². The summed E-state index contributed by atoms with van der Waals surface area (Å²) in [6.07, 6.45) is 8.59. The lowest BCUT2D eigenvalue weighted by molar-refractivity contribution is -0.0299. The van der Waals surface area contributed by atoms with Gasteiger partial charge in [-0.1, -0.05) is 82.3 Å². The maximum atomic E-state index is 11.7. The van der Waals surface area contributed by atoms with Crippen LogP contribution in [0.4, 0.5) is 0 Å². The topological polar surface area (TPSA) is 51.0 Å². The summed E-state index contributed by atoms with van der Waals surface area (Å²) in [6.45, 7) is 16.2. The summed E-state index contributed by atoms with van der Waals surface area (Å²) >= 11 is 0. The van der Waals surface area contributed by atoms with E-state index in [1.807, 2.05) is 30.3 Å². The molecule has 0 heterocycles. The highest BCUT2D eigenvalue weighted by Crippen LogP contribution is 2.56. The Balaban J connectivity index is 1.77. The maximum absolute atomic E-state index is 11.7. The smallest absolute Gasteiger partial charge is 0.192 e. The van der Waals surface area contributed by atoms with E-state index in [4.69, 9.17) is 9.26 Å². The Labute approximate surface area is 183 Å². The Hall–Kier alpha value is -1.43. The van der Waals surface area contributed by atoms with Crippen molar-refractivity contribution in [2.45, 2.75) is 90.3 Å². The molecule has 166 valence electrons. The van der Waals surface area contributed by atoms with Gasteiger partial charge in [-0.25, -0.2) is 0 Å². The second-order valence-electron chi connectivity index (χ2n) is 11.3. The normalized spacial score (nSPS) is 34.3. The molecule has 2 bridgehead atoms. The summed E-state index contributed by atoms with van der Waals surface area (Å²) < 4.78 is 6.88. The third kappa shape index (κ3) is 4.44. The molecule has 0 spiro atoms. The van der Waals surface area contributed by atoms with Gasteiger partial charge in [0, 0.05) is 10.8 Å². The molecule has 1 saturated carbocycles. The zero-order chi connectivity index (χ0) is 22.3. The zero-order valence-electron chi connectivity index (χ0n) is 19.7. The number of hydrogen-bond acceptors (Lipinski definition) is 4. The first-order valence-electron chi connectivity index (χ1n) is 11.1. The molecule has 4 atom stereocenters. The molecular formula is C25H39NO3Si.